The van der Waals surface area contributed by atoms with Gasteiger partial charge in [-0.2, -0.15) is 0 Å². The van der Waals surface area contributed by atoms with Gasteiger partial charge in [0, 0.05) is 37.6 Å². The highest BCUT2D eigenvalue weighted by Gasteiger charge is 2.55. The molecule has 0 heterocycles. The highest BCUT2D eigenvalue weighted by atomic mass is 32.2. The lowest BCUT2D eigenvalue weighted by molar-refractivity contribution is -0.128. The van der Waals surface area contributed by atoms with E-state index < -0.39 is 19.7 Å². The van der Waals surface area contributed by atoms with Crippen LogP contribution in [0.5, 0.6) is 0 Å². The molecule has 1 aromatic carbocycles. The zero-order valence-corrected chi connectivity index (χ0v) is 18.7. The van der Waals surface area contributed by atoms with Crippen LogP contribution in [-0.4, -0.2) is 55.1 Å². The van der Waals surface area contributed by atoms with Crippen molar-refractivity contribution in [3.8, 4) is 0 Å². The van der Waals surface area contributed by atoms with E-state index in [-0.39, 0.29) is 27.4 Å². The van der Waals surface area contributed by atoms with E-state index in [9.17, 15) is 16.8 Å². The molecule has 0 amide bonds. The van der Waals surface area contributed by atoms with Gasteiger partial charge in [0.05, 0.1) is 21.6 Å². The second kappa shape index (κ2) is 7.72. The van der Waals surface area contributed by atoms with Crippen LogP contribution < -0.4 is 4.90 Å². The highest BCUT2D eigenvalue weighted by molar-refractivity contribution is 7.91. The molecule has 0 N–H and O–H groups in total. The molecule has 1 aromatic rings. The molecule has 1 saturated carbocycles. The SMILES string of the molecule is CCO[C@@H]1C[C@@H](N(C)c2ccc(S(C)(=O)=O)cc2S(C)(=O)=O)C1(CC)CC. The molecule has 2 atom stereocenters. The lowest BCUT2D eigenvalue weighted by atomic mass is 9.58. The van der Waals surface area contributed by atoms with E-state index in [2.05, 4.69) is 13.8 Å². The molecule has 0 unspecified atom stereocenters. The van der Waals surface area contributed by atoms with Gasteiger partial charge in [-0.25, -0.2) is 16.8 Å². The number of rotatable bonds is 8. The Kier molecular flexibility index (Phi) is 6.34. The second-order valence-electron chi connectivity index (χ2n) is 7.42. The molecule has 6 nitrogen and oxygen atoms in total. The van der Waals surface area contributed by atoms with Gasteiger partial charge in [0.25, 0.3) is 0 Å². The third-order valence-electron chi connectivity index (χ3n) is 6.03. The van der Waals surface area contributed by atoms with Crippen molar-refractivity contribution in [1.82, 2.24) is 0 Å². The first-order chi connectivity index (χ1) is 12.4. The van der Waals surface area contributed by atoms with Gasteiger partial charge in [0.1, 0.15) is 0 Å². The highest BCUT2D eigenvalue weighted by Crippen LogP contribution is 2.52. The van der Waals surface area contributed by atoms with Crippen LogP contribution in [0, 0.1) is 5.41 Å². The first kappa shape index (κ1) is 22.2. The Hall–Kier alpha value is -1.12. The van der Waals surface area contributed by atoms with Crippen LogP contribution in [0.1, 0.15) is 40.0 Å². The van der Waals surface area contributed by atoms with Crippen LogP contribution in [0.3, 0.4) is 0 Å². The molecular weight excluding hydrogens is 386 g/mol. The summed E-state index contributed by atoms with van der Waals surface area (Å²) < 4.78 is 54.5. The number of nitrogens with zero attached hydrogens (tertiary/aromatic N) is 1. The summed E-state index contributed by atoms with van der Waals surface area (Å²) in [6, 6.07) is 4.49. The minimum absolute atomic E-state index is 0.0122. The summed E-state index contributed by atoms with van der Waals surface area (Å²) in [5.41, 5.74) is 0.491. The van der Waals surface area contributed by atoms with Crippen molar-refractivity contribution in [2.24, 2.45) is 5.41 Å². The lowest BCUT2D eigenvalue weighted by Crippen LogP contribution is -2.64. The van der Waals surface area contributed by atoms with Crippen LogP contribution in [0.2, 0.25) is 0 Å². The van der Waals surface area contributed by atoms with Crippen molar-refractivity contribution < 1.29 is 21.6 Å². The fourth-order valence-corrected chi connectivity index (χ4v) is 6.02. The Bertz CT molecular complexity index is 889. The molecule has 0 aromatic heterocycles. The Balaban J connectivity index is 2.52. The van der Waals surface area contributed by atoms with Crippen molar-refractivity contribution in [3.63, 3.8) is 0 Å². The van der Waals surface area contributed by atoms with Gasteiger partial charge in [-0.1, -0.05) is 13.8 Å². The molecular formula is C19H31NO5S2. The molecule has 8 heteroatoms. The van der Waals surface area contributed by atoms with E-state index in [0.717, 1.165) is 31.8 Å². The van der Waals surface area contributed by atoms with Gasteiger partial charge in [0.15, 0.2) is 19.7 Å². The fraction of sp³-hybridized carbons (Fsp3) is 0.684. The molecule has 27 heavy (non-hydrogen) atoms. The van der Waals surface area contributed by atoms with Crippen LogP contribution >= 0.6 is 0 Å². The van der Waals surface area contributed by atoms with Gasteiger partial charge < -0.3 is 9.64 Å². The summed E-state index contributed by atoms with van der Waals surface area (Å²) in [7, 11) is -5.20. The first-order valence-corrected chi connectivity index (χ1v) is 13.1. The molecule has 1 fully saturated rings. The zero-order valence-electron chi connectivity index (χ0n) is 17.0. The van der Waals surface area contributed by atoms with Crippen LogP contribution in [0.15, 0.2) is 28.0 Å². The maximum Gasteiger partial charge on any atom is 0.177 e. The van der Waals surface area contributed by atoms with E-state index in [1.54, 1.807) is 6.07 Å². The van der Waals surface area contributed by atoms with Gasteiger partial charge in [-0.05, 0) is 44.4 Å². The number of hydrogen-bond donors (Lipinski definition) is 0. The predicted octanol–water partition coefficient (Wildman–Crippen LogP) is 2.91. The van der Waals surface area contributed by atoms with Gasteiger partial charge in [0.2, 0.25) is 0 Å². The summed E-state index contributed by atoms with van der Waals surface area (Å²) in [6.45, 7) is 6.92. The van der Waals surface area contributed by atoms with Crippen molar-refractivity contribution in [2.75, 3.05) is 31.1 Å². The van der Waals surface area contributed by atoms with Crippen molar-refractivity contribution >= 4 is 25.4 Å². The Labute approximate surface area is 163 Å². The number of benzene rings is 1. The first-order valence-electron chi connectivity index (χ1n) is 9.31. The Morgan fingerprint density at radius 2 is 1.67 bits per heavy atom. The van der Waals surface area contributed by atoms with E-state index in [1.165, 1.54) is 12.1 Å². The molecule has 1 aliphatic carbocycles. The van der Waals surface area contributed by atoms with Gasteiger partial charge >= 0.3 is 0 Å². The summed E-state index contributed by atoms with van der Waals surface area (Å²) in [6.07, 6.45) is 5.03. The topological polar surface area (TPSA) is 80.8 Å². The molecule has 1 aliphatic rings. The molecule has 0 radical (unpaired) electrons. The number of ether oxygens (including phenoxy) is 1. The predicted molar refractivity (Wildman–Crippen MR) is 108 cm³/mol. The number of hydrogen-bond acceptors (Lipinski definition) is 6. The molecule has 0 saturated heterocycles. The third-order valence-corrected chi connectivity index (χ3v) is 8.27. The monoisotopic (exact) mass is 417 g/mol. The second-order valence-corrected chi connectivity index (χ2v) is 11.4. The van der Waals surface area contributed by atoms with E-state index in [0.29, 0.717) is 12.3 Å². The fourth-order valence-electron chi connectivity index (χ4n) is 4.36. The van der Waals surface area contributed by atoms with Gasteiger partial charge in [-0.3, -0.25) is 0 Å². The normalized spacial score (nSPS) is 22.3. The minimum Gasteiger partial charge on any atom is -0.378 e. The summed E-state index contributed by atoms with van der Waals surface area (Å²) in [5.74, 6) is 0. The van der Waals surface area contributed by atoms with Crippen molar-refractivity contribution in [1.29, 1.82) is 0 Å². The molecule has 154 valence electrons. The average Bonchev–Trinajstić information content (AvgIpc) is 2.57. The van der Waals surface area contributed by atoms with Crippen LogP contribution in [-0.2, 0) is 24.4 Å². The van der Waals surface area contributed by atoms with E-state index in [4.69, 9.17) is 4.74 Å². The van der Waals surface area contributed by atoms with E-state index in [1.807, 2.05) is 18.9 Å². The minimum atomic E-state index is -3.59. The quantitative estimate of drug-likeness (QED) is 0.647. The number of anilines is 1. The van der Waals surface area contributed by atoms with Crippen molar-refractivity contribution in [2.45, 2.75) is 62.0 Å². The van der Waals surface area contributed by atoms with Crippen LogP contribution in [0.4, 0.5) is 5.69 Å². The van der Waals surface area contributed by atoms with Gasteiger partial charge in [-0.15, -0.1) is 0 Å². The lowest BCUT2D eigenvalue weighted by Gasteiger charge is -2.58. The summed E-state index contributed by atoms with van der Waals surface area (Å²) in [4.78, 5) is 2.05. The third kappa shape index (κ3) is 4.03. The Morgan fingerprint density at radius 3 is 2.11 bits per heavy atom. The maximum atomic E-state index is 12.4. The summed E-state index contributed by atoms with van der Waals surface area (Å²) in [5, 5.41) is 0. The van der Waals surface area contributed by atoms with Crippen LogP contribution in [0.25, 0.3) is 0 Å². The zero-order chi connectivity index (χ0) is 20.6. The largest absolute Gasteiger partial charge is 0.378 e. The number of sulfone groups is 2. The maximum absolute atomic E-state index is 12.4. The van der Waals surface area contributed by atoms with E-state index >= 15 is 0 Å². The smallest absolute Gasteiger partial charge is 0.177 e. The standard InChI is InChI=1S/C19H31NO5S2/c1-7-19(8-2)17(13-18(19)25-9-3)20(4)15-11-10-14(26(5,21)22)12-16(15)27(6,23)24/h10-12,17-18H,7-9,13H2,1-6H3/t17-,18-/m1/s1. The Morgan fingerprint density at radius 1 is 1.07 bits per heavy atom. The summed E-state index contributed by atoms with van der Waals surface area (Å²) >= 11 is 0. The molecule has 0 spiro atoms. The average molecular weight is 418 g/mol. The molecule has 0 bridgehead atoms. The molecule has 0 aliphatic heterocycles. The van der Waals surface area contributed by atoms with Crippen molar-refractivity contribution in [3.05, 3.63) is 18.2 Å². The molecule has 2 rings (SSSR count).